The van der Waals surface area contributed by atoms with Crippen molar-refractivity contribution in [2.45, 2.75) is 13.8 Å². The smallest absolute Gasteiger partial charge is 0.148 e. The van der Waals surface area contributed by atoms with Gasteiger partial charge in [-0.15, -0.1) is 22.7 Å². The Labute approximate surface area is 365 Å². The van der Waals surface area contributed by atoms with Gasteiger partial charge in [0.1, 0.15) is 11.6 Å². The molecule has 8 aromatic rings. The number of aromatic nitrogens is 4. The highest BCUT2D eigenvalue weighted by Gasteiger charge is 2.26. The highest BCUT2D eigenvalue weighted by Crippen LogP contribution is 2.47. The number of hydrogen-bond acceptors (Lipinski definition) is 5. The van der Waals surface area contributed by atoms with Crippen LogP contribution in [0.25, 0.3) is 77.6 Å². The molecular weight excluding hydrogens is 1000 g/mol. The van der Waals surface area contributed by atoms with Crippen molar-refractivity contribution < 1.29 is 0 Å². The van der Waals surface area contributed by atoms with Gasteiger partial charge in [-0.3, -0.25) is 0 Å². The van der Waals surface area contributed by atoms with Gasteiger partial charge in [0, 0.05) is 61.4 Å². The molecule has 1 aliphatic rings. The zero-order chi connectivity index (χ0) is 37.8. The van der Waals surface area contributed by atoms with Gasteiger partial charge < -0.3 is 9.97 Å². The third-order valence-electron chi connectivity index (χ3n) is 9.72. The third-order valence-corrected chi connectivity index (χ3v) is 14.9. The minimum absolute atomic E-state index is 0.887. The maximum Gasteiger partial charge on any atom is 0.148 e. The number of nitrogens with zero attached hydrogens (tertiary/aromatic N) is 2. The fourth-order valence-corrected chi connectivity index (χ4v) is 11.2. The molecule has 2 N–H and O–H groups in total. The summed E-state index contributed by atoms with van der Waals surface area (Å²) >= 11 is 20.0. The summed E-state index contributed by atoms with van der Waals surface area (Å²) in [7, 11) is 0. The number of aromatic amines is 2. The van der Waals surface area contributed by atoms with Gasteiger partial charge in [-0.05, 0) is 96.8 Å². The Kier molecular flexibility index (Phi) is 10.6. The van der Waals surface area contributed by atoms with E-state index in [1.807, 2.05) is 11.8 Å². The van der Waals surface area contributed by atoms with E-state index in [0.717, 1.165) is 95.8 Å². The lowest BCUT2D eigenvalue weighted by molar-refractivity contribution is 1.33. The van der Waals surface area contributed by atoms with Gasteiger partial charge >= 0.3 is 0 Å². The maximum atomic E-state index is 5.24. The van der Waals surface area contributed by atoms with Crippen LogP contribution in [0.2, 0.25) is 0 Å². The molecule has 55 heavy (non-hydrogen) atoms. The van der Waals surface area contributed by atoms with E-state index in [4.69, 9.17) is 9.97 Å². The Morgan fingerprint density at radius 2 is 0.800 bits per heavy atom. The van der Waals surface area contributed by atoms with Crippen LogP contribution in [0.15, 0.2) is 127 Å². The molecule has 0 fully saturated rings. The number of H-pyrrole nitrogens is 2. The quantitative estimate of drug-likeness (QED) is 0.159. The molecule has 0 atom stereocenters. The lowest BCUT2D eigenvalue weighted by Crippen LogP contribution is -1.90. The van der Waals surface area contributed by atoms with Gasteiger partial charge in [0.2, 0.25) is 0 Å². The first-order chi connectivity index (χ1) is 26.7. The van der Waals surface area contributed by atoms with Crippen molar-refractivity contribution in [2.75, 3.05) is 11.5 Å². The zero-order valence-electron chi connectivity index (χ0n) is 29.4. The minimum Gasteiger partial charge on any atom is -0.337 e. The van der Waals surface area contributed by atoms with E-state index in [0.29, 0.717) is 0 Å². The predicted molar refractivity (Wildman–Crippen MR) is 250 cm³/mol. The summed E-state index contributed by atoms with van der Waals surface area (Å²) < 4.78 is 4.18. The molecule has 11 heteroatoms. The molecule has 272 valence electrons. The number of benzene rings is 4. The van der Waals surface area contributed by atoms with E-state index in [-0.39, 0.29) is 0 Å². The molecule has 0 unspecified atom stereocenters. The van der Waals surface area contributed by atoms with E-state index in [9.17, 15) is 0 Å². The summed E-state index contributed by atoms with van der Waals surface area (Å²) in [5.41, 5.74) is 13.7. The second kappa shape index (κ2) is 15.6. The predicted octanol–water partition coefficient (Wildman–Crippen LogP) is 15.6. The molecule has 0 bridgehead atoms. The van der Waals surface area contributed by atoms with Gasteiger partial charge in [-0.1, -0.05) is 112 Å². The van der Waals surface area contributed by atoms with E-state index in [1.54, 1.807) is 22.7 Å². The molecule has 5 heterocycles. The fraction of sp³-hybridized carbons (Fsp3) is 0.0909. The first-order valence-corrected chi connectivity index (χ1v) is 23.4. The van der Waals surface area contributed by atoms with Crippen molar-refractivity contribution in [3.05, 3.63) is 148 Å². The summed E-state index contributed by atoms with van der Waals surface area (Å²) in [6, 6.07) is 38.3. The van der Waals surface area contributed by atoms with Crippen LogP contribution in [0.5, 0.6) is 0 Å². The van der Waals surface area contributed by atoms with Crippen LogP contribution in [-0.2, 0) is 0 Å². The summed E-state index contributed by atoms with van der Waals surface area (Å²) in [6.07, 6.45) is 0. The monoisotopic (exact) mass is 1030 g/mol. The zero-order valence-corrected chi connectivity index (χ0v) is 38.2. The number of thiophene rings is 2. The van der Waals surface area contributed by atoms with Crippen LogP contribution in [0.3, 0.4) is 0 Å². The summed E-state index contributed by atoms with van der Waals surface area (Å²) in [5, 5.41) is 0. The Morgan fingerprint density at radius 1 is 0.473 bits per heavy atom. The molecule has 0 aliphatic carbocycles. The maximum absolute atomic E-state index is 5.24. The summed E-state index contributed by atoms with van der Waals surface area (Å²) in [6.45, 7) is 4.49. The Bertz CT molecular complexity index is 2410. The van der Waals surface area contributed by atoms with Crippen molar-refractivity contribution >= 4 is 109 Å². The number of nitrogens with one attached hydrogen (secondary N) is 2. The van der Waals surface area contributed by atoms with E-state index >= 15 is 0 Å². The number of hydrogen-bond donors (Lipinski definition) is 2. The highest BCUT2D eigenvalue weighted by atomic mass is 79.9. The molecule has 9 rings (SSSR count). The van der Waals surface area contributed by atoms with E-state index < -0.39 is 0 Å². The molecule has 0 radical (unpaired) electrons. The lowest BCUT2D eigenvalue weighted by atomic mass is 9.97. The normalized spacial score (nSPS) is 13.0. The second-order valence-electron chi connectivity index (χ2n) is 13.3. The number of imidazole rings is 2. The third kappa shape index (κ3) is 7.49. The van der Waals surface area contributed by atoms with Crippen LogP contribution in [0.1, 0.15) is 20.9 Å². The molecule has 4 aromatic heterocycles. The van der Waals surface area contributed by atoms with E-state index in [1.165, 1.54) is 32.0 Å². The highest BCUT2D eigenvalue weighted by molar-refractivity contribution is 9.11. The largest absolute Gasteiger partial charge is 0.337 e. The van der Waals surface area contributed by atoms with Gasteiger partial charge in [-0.2, -0.15) is 11.8 Å². The van der Waals surface area contributed by atoms with Gasteiger partial charge in [0.05, 0.1) is 32.5 Å². The molecule has 0 saturated carbocycles. The molecule has 4 nitrogen and oxygen atoms in total. The molecule has 0 spiro atoms. The first-order valence-electron chi connectivity index (χ1n) is 17.4. The van der Waals surface area contributed by atoms with Crippen molar-refractivity contribution in [3.63, 3.8) is 0 Å². The molecule has 1 aliphatic heterocycles. The Morgan fingerprint density at radius 3 is 1.15 bits per heavy atom. The van der Waals surface area contributed by atoms with Crippen molar-refractivity contribution in [3.8, 4) is 66.4 Å². The Balaban J connectivity index is 1.09. The average molecular weight is 1030 g/mol. The van der Waals surface area contributed by atoms with Gasteiger partial charge in [-0.25, -0.2) is 9.97 Å². The van der Waals surface area contributed by atoms with Crippen LogP contribution >= 0.6 is 98.2 Å². The van der Waals surface area contributed by atoms with Crippen LogP contribution < -0.4 is 0 Å². The van der Waals surface area contributed by atoms with Crippen molar-refractivity contribution in [1.29, 1.82) is 0 Å². The first kappa shape index (κ1) is 37.3. The van der Waals surface area contributed by atoms with Gasteiger partial charge in [0.15, 0.2) is 0 Å². The topological polar surface area (TPSA) is 57.4 Å². The number of rotatable bonds is 8. The molecule has 0 saturated heterocycles. The second-order valence-corrected chi connectivity index (χ2v) is 20.4. The number of halogens is 4. The number of aryl methyl sites for hydroxylation is 2. The average Bonchev–Trinajstić information content (AvgIpc) is 4.03. The van der Waals surface area contributed by atoms with Crippen LogP contribution in [0, 0.1) is 13.8 Å². The molecule has 0 amide bonds. The van der Waals surface area contributed by atoms with E-state index in [2.05, 4.69) is 197 Å². The van der Waals surface area contributed by atoms with Crippen LogP contribution in [-0.4, -0.2) is 31.4 Å². The molecule has 4 aromatic carbocycles. The molecular formula is C44H30Br4N4S3. The fourth-order valence-electron chi connectivity index (χ4n) is 6.97. The Hall–Kier alpha value is -3.29. The lowest BCUT2D eigenvalue weighted by Gasteiger charge is -2.06. The van der Waals surface area contributed by atoms with Crippen molar-refractivity contribution in [2.24, 2.45) is 0 Å². The standard InChI is InChI=1S/C44H30Br4N4S3/c1-23-33(19-37(54-23)43-49-39(25-3-11-29(45)12-4-25)40(50-43)26-5-13-30(46)14-6-26)35-21-53-22-36(35)34-20-38(55-24(34)2)44-51-41(27-7-15-31(47)16-8-27)42(52-44)28-9-17-32(48)18-10-28/h3-20H,21-22H2,1-2H3,(H,49,50)(H,51,52). The van der Waals surface area contributed by atoms with Gasteiger partial charge in [0.25, 0.3) is 0 Å². The summed E-state index contributed by atoms with van der Waals surface area (Å²) in [4.78, 5) is 22.8. The van der Waals surface area contributed by atoms with Crippen molar-refractivity contribution in [1.82, 2.24) is 19.9 Å². The number of thioether (sulfide) groups is 1. The SMILES string of the molecule is Cc1sc(-c2nc(-c3ccc(Br)cc3)c(-c3ccc(Br)cc3)[nH]2)cc1C1=C(c2cc(-c3nc(-c4ccc(Br)cc4)c(-c4ccc(Br)cc4)[nH]3)sc2C)CSC1. The van der Waals surface area contributed by atoms with Crippen LogP contribution in [0.4, 0.5) is 0 Å². The summed E-state index contributed by atoms with van der Waals surface area (Å²) in [5.74, 6) is 3.73. The minimum atomic E-state index is 0.887.